The Bertz CT molecular complexity index is 796. The number of rotatable bonds is 4. The zero-order valence-corrected chi connectivity index (χ0v) is 16.0. The van der Waals surface area contributed by atoms with E-state index in [-0.39, 0.29) is 36.5 Å². The second kappa shape index (κ2) is 7.69. The van der Waals surface area contributed by atoms with Gasteiger partial charge in [0.2, 0.25) is 18.6 Å². The number of benzene rings is 1. The number of carbonyl (C=O) groups is 3. The molecule has 8 heteroatoms. The normalized spacial score (nSPS) is 23.8. The molecule has 0 saturated carbocycles. The van der Waals surface area contributed by atoms with E-state index in [9.17, 15) is 14.4 Å². The average Bonchev–Trinajstić information content (AvgIpc) is 3.32. The van der Waals surface area contributed by atoms with Crippen LogP contribution in [0.3, 0.4) is 0 Å². The van der Waals surface area contributed by atoms with Gasteiger partial charge >= 0.3 is 0 Å². The van der Waals surface area contributed by atoms with Crippen LogP contribution in [0.4, 0.5) is 0 Å². The molecule has 2 saturated heterocycles. The molecular weight excluding hydrogens is 362 g/mol. The lowest BCUT2D eigenvalue weighted by Gasteiger charge is -2.35. The van der Waals surface area contributed by atoms with Crippen molar-refractivity contribution in [3.8, 4) is 11.5 Å². The summed E-state index contributed by atoms with van der Waals surface area (Å²) in [6.45, 7) is 1.92. The van der Waals surface area contributed by atoms with Crippen molar-refractivity contribution >= 4 is 17.7 Å². The van der Waals surface area contributed by atoms with Crippen LogP contribution < -0.4 is 14.8 Å². The molecule has 28 heavy (non-hydrogen) atoms. The third-order valence-electron chi connectivity index (χ3n) is 5.80. The van der Waals surface area contributed by atoms with Crippen LogP contribution in [0.15, 0.2) is 18.2 Å². The van der Waals surface area contributed by atoms with Gasteiger partial charge in [-0.25, -0.2) is 0 Å². The second-order valence-corrected chi connectivity index (χ2v) is 7.60. The van der Waals surface area contributed by atoms with Crippen molar-refractivity contribution in [3.05, 3.63) is 23.8 Å². The molecule has 0 aromatic heterocycles. The highest BCUT2D eigenvalue weighted by Gasteiger charge is 2.37. The van der Waals surface area contributed by atoms with Gasteiger partial charge < -0.3 is 24.6 Å². The molecule has 1 aromatic rings. The first-order valence-electron chi connectivity index (χ1n) is 9.76. The summed E-state index contributed by atoms with van der Waals surface area (Å²) in [7, 11) is 1.70. The Morgan fingerprint density at radius 3 is 2.89 bits per heavy atom. The second-order valence-electron chi connectivity index (χ2n) is 7.60. The Hall–Kier alpha value is -2.77. The highest BCUT2D eigenvalue weighted by molar-refractivity contribution is 5.98. The van der Waals surface area contributed by atoms with Gasteiger partial charge in [-0.05, 0) is 37.3 Å². The van der Waals surface area contributed by atoms with Crippen LogP contribution in [0.2, 0.25) is 0 Å². The lowest BCUT2D eigenvalue weighted by Crippen LogP contribution is -2.50. The highest BCUT2D eigenvalue weighted by Crippen LogP contribution is 2.35. The number of nitrogens with zero attached hydrogens (tertiary/aromatic N) is 2. The van der Waals surface area contributed by atoms with Crippen LogP contribution in [-0.4, -0.2) is 67.0 Å². The predicted molar refractivity (Wildman–Crippen MR) is 100.0 cm³/mol. The largest absolute Gasteiger partial charge is 0.454 e. The summed E-state index contributed by atoms with van der Waals surface area (Å²) in [6.07, 6.45) is 2.88. The molecule has 0 spiro atoms. The molecule has 0 radical (unpaired) electrons. The van der Waals surface area contributed by atoms with Crippen LogP contribution in [0, 0.1) is 5.92 Å². The number of likely N-dealkylation sites (N-methyl/N-ethyl adjacent to an activating group) is 1. The maximum Gasteiger partial charge on any atom is 0.255 e. The van der Waals surface area contributed by atoms with Crippen molar-refractivity contribution in [1.29, 1.82) is 0 Å². The highest BCUT2D eigenvalue weighted by atomic mass is 16.7. The smallest absolute Gasteiger partial charge is 0.255 e. The fourth-order valence-electron chi connectivity index (χ4n) is 4.18. The van der Waals surface area contributed by atoms with Gasteiger partial charge in [0.1, 0.15) is 6.04 Å². The summed E-state index contributed by atoms with van der Waals surface area (Å²) in [5.74, 6) is 1.10. The van der Waals surface area contributed by atoms with E-state index in [2.05, 4.69) is 5.32 Å². The number of para-hydroxylation sites is 1. The third kappa shape index (κ3) is 3.50. The van der Waals surface area contributed by atoms with E-state index < -0.39 is 0 Å². The Morgan fingerprint density at radius 2 is 2.11 bits per heavy atom. The summed E-state index contributed by atoms with van der Waals surface area (Å²) in [5, 5.41) is 2.97. The molecule has 1 N–H and O–H groups in total. The van der Waals surface area contributed by atoms with E-state index in [1.54, 1.807) is 30.1 Å². The van der Waals surface area contributed by atoms with E-state index in [0.29, 0.717) is 49.5 Å². The SMILES string of the molecule is CN1C(=O)CC[C@@H]1C(=O)N1CCCC(CNC(=O)c2cccc3c2OCO3)C1. The number of amides is 3. The van der Waals surface area contributed by atoms with Gasteiger partial charge in [0.15, 0.2) is 11.5 Å². The maximum absolute atomic E-state index is 12.8. The Labute approximate surface area is 163 Å². The van der Waals surface area contributed by atoms with Crippen LogP contribution in [0.1, 0.15) is 36.0 Å². The Balaban J connectivity index is 1.33. The lowest BCUT2D eigenvalue weighted by atomic mass is 9.97. The molecule has 3 aliphatic heterocycles. The molecule has 3 aliphatic rings. The van der Waals surface area contributed by atoms with Gasteiger partial charge in [-0.1, -0.05) is 6.07 Å². The molecule has 2 atom stereocenters. The van der Waals surface area contributed by atoms with Gasteiger partial charge in [0.05, 0.1) is 5.56 Å². The first kappa shape index (κ1) is 18.6. The number of ether oxygens (including phenoxy) is 2. The van der Waals surface area contributed by atoms with E-state index in [0.717, 1.165) is 12.8 Å². The molecular formula is C20H25N3O5. The van der Waals surface area contributed by atoms with Gasteiger partial charge in [-0.15, -0.1) is 0 Å². The Kier molecular flexibility index (Phi) is 5.11. The lowest BCUT2D eigenvalue weighted by molar-refractivity contribution is -0.141. The van der Waals surface area contributed by atoms with Crippen molar-refractivity contribution in [2.75, 3.05) is 33.5 Å². The zero-order valence-electron chi connectivity index (χ0n) is 16.0. The van der Waals surface area contributed by atoms with E-state index in [4.69, 9.17) is 9.47 Å². The van der Waals surface area contributed by atoms with E-state index in [1.807, 2.05) is 4.90 Å². The molecule has 4 rings (SSSR count). The minimum atomic E-state index is -0.343. The van der Waals surface area contributed by atoms with Crippen LogP contribution in [0.25, 0.3) is 0 Å². The average molecular weight is 387 g/mol. The fraction of sp³-hybridized carbons (Fsp3) is 0.550. The van der Waals surface area contributed by atoms with Crippen molar-refractivity contribution in [3.63, 3.8) is 0 Å². The minimum Gasteiger partial charge on any atom is -0.454 e. The van der Waals surface area contributed by atoms with Gasteiger partial charge in [0.25, 0.3) is 5.91 Å². The number of hydrogen-bond donors (Lipinski definition) is 1. The standard InChI is InChI=1S/C20H25N3O5/c1-22-15(7-8-17(22)24)20(26)23-9-3-4-13(11-23)10-21-19(25)14-5-2-6-16-18(14)28-12-27-16/h2,5-6,13,15H,3-4,7-12H2,1H3,(H,21,25)/t13?,15-/m1/s1. The molecule has 0 bridgehead atoms. The van der Waals surface area contributed by atoms with Gasteiger partial charge in [-0.2, -0.15) is 0 Å². The zero-order chi connectivity index (χ0) is 19.7. The number of nitrogens with one attached hydrogen (secondary N) is 1. The minimum absolute atomic E-state index is 0.0239. The first-order chi connectivity index (χ1) is 13.5. The number of carbonyl (C=O) groups excluding carboxylic acids is 3. The molecule has 2 fully saturated rings. The molecule has 3 heterocycles. The number of fused-ring (bicyclic) bond motifs is 1. The molecule has 0 aliphatic carbocycles. The monoisotopic (exact) mass is 387 g/mol. The summed E-state index contributed by atoms with van der Waals surface area (Å²) in [6, 6.07) is 4.91. The molecule has 150 valence electrons. The van der Waals surface area contributed by atoms with E-state index >= 15 is 0 Å². The molecule has 8 nitrogen and oxygen atoms in total. The van der Waals surface area contributed by atoms with Crippen molar-refractivity contribution in [1.82, 2.24) is 15.1 Å². The van der Waals surface area contributed by atoms with Crippen LogP contribution in [-0.2, 0) is 9.59 Å². The summed E-state index contributed by atoms with van der Waals surface area (Å²) >= 11 is 0. The van der Waals surface area contributed by atoms with Crippen molar-refractivity contribution in [2.24, 2.45) is 5.92 Å². The van der Waals surface area contributed by atoms with Crippen LogP contribution in [0.5, 0.6) is 11.5 Å². The maximum atomic E-state index is 12.8. The summed E-state index contributed by atoms with van der Waals surface area (Å²) in [4.78, 5) is 40.5. The molecule has 1 aromatic carbocycles. The number of piperidine rings is 1. The summed E-state index contributed by atoms with van der Waals surface area (Å²) < 4.78 is 10.7. The predicted octanol–water partition coefficient (Wildman–Crippen LogP) is 1.00. The van der Waals surface area contributed by atoms with Crippen LogP contribution >= 0.6 is 0 Å². The van der Waals surface area contributed by atoms with E-state index in [1.165, 1.54) is 0 Å². The number of hydrogen-bond acceptors (Lipinski definition) is 5. The van der Waals surface area contributed by atoms with Crippen molar-refractivity contribution in [2.45, 2.75) is 31.7 Å². The summed E-state index contributed by atoms with van der Waals surface area (Å²) in [5.41, 5.74) is 0.463. The van der Waals surface area contributed by atoms with Gasteiger partial charge in [0, 0.05) is 33.1 Å². The van der Waals surface area contributed by atoms with Gasteiger partial charge in [-0.3, -0.25) is 14.4 Å². The molecule has 3 amide bonds. The fourth-order valence-corrected chi connectivity index (χ4v) is 4.18. The third-order valence-corrected chi connectivity index (χ3v) is 5.80. The quantitative estimate of drug-likeness (QED) is 0.833. The van der Waals surface area contributed by atoms with Crippen molar-refractivity contribution < 1.29 is 23.9 Å². The first-order valence-corrected chi connectivity index (χ1v) is 9.76. The topological polar surface area (TPSA) is 88.2 Å². The molecule has 1 unspecified atom stereocenters. The number of likely N-dealkylation sites (tertiary alicyclic amines) is 2. The Morgan fingerprint density at radius 1 is 1.25 bits per heavy atom.